The van der Waals surface area contributed by atoms with Gasteiger partial charge in [-0.15, -0.1) is 0 Å². The van der Waals surface area contributed by atoms with Gasteiger partial charge < -0.3 is 10.2 Å². The number of piperazine rings is 1. The molecule has 1 aliphatic rings. The number of amides is 2. The van der Waals surface area contributed by atoms with Crippen LogP contribution in [0.1, 0.15) is 27.8 Å². The first kappa shape index (κ1) is 35.2. The second-order valence-corrected chi connectivity index (χ2v) is 12.5. The molecule has 5 aromatic rings. The number of nitrogens with one attached hydrogen (secondary N) is 1. The average Bonchev–Trinajstić information content (AvgIpc) is 3.16. The van der Waals surface area contributed by atoms with Gasteiger partial charge in [0.1, 0.15) is 0 Å². The fourth-order valence-electron chi connectivity index (χ4n) is 6.15. The SMILES string of the molecule is O=C(NCc1ccc(-c2ccncc2)nc1)C(=Cc1ccc(C(F)(F)F)cc1)[C@H](Cc1ccccc1)C(=O)N1CCN(Cc2ccccc2)CC1. The molecule has 2 amide bonds. The van der Waals surface area contributed by atoms with Crippen LogP contribution in [-0.2, 0) is 35.3 Å². The summed E-state index contributed by atoms with van der Waals surface area (Å²) >= 11 is 0. The van der Waals surface area contributed by atoms with E-state index in [1.807, 2.05) is 72.8 Å². The molecule has 2 aromatic heterocycles. The monoisotopic (exact) mass is 689 g/mol. The molecule has 0 unspecified atom stereocenters. The van der Waals surface area contributed by atoms with Crippen LogP contribution in [0.4, 0.5) is 13.2 Å². The van der Waals surface area contributed by atoms with Gasteiger partial charge in [0, 0.05) is 69.0 Å². The van der Waals surface area contributed by atoms with Gasteiger partial charge in [0.05, 0.1) is 17.2 Å². The fraction of sp³-hybridized carbons (Fsp3) is 0.220. The Morgan fingerprint density at radius 2 is 1.41 bits per heavy atom. The fourth-order valence-corrected chi connectivity index (χ4v) is 6.15. The quantitative estimate of drug-likeness (QED) is 0.150. The number of alkyl halides is 3. The Labute approximate surface area is 295 Å². The Balaban J connectivity index is 1.26. The number of carbonyl (C=O) groups is 2. The van der Waals surface area contributed by atoms with Crippen molar-refractivity contribution in [2.24, 2.45) is 5.92 Å². The minimum atomic E-state index is -4.50. The van der Waals surface area contributed by atoms with E-state index in [1.165, 1.54) is 23.8 Å². The number of hydrogen-bond donors (Lipinski definition) is 1. The number of hydrogen-bond acceptors (Lipinski definition) is 5. The summed E-state index contributed by atoms with van der Waals surface area (Å²) in [6.45, 7) is 3.23. The zero-order valence-electron chi connectivity index (χ0n) is 28.0. The maximum Gasteiger partial charge on any atom is 0.416 e. The molecule has 1 atom stereocenters. The van der Waals surface area contributed by atoms with E-state index in [2.05, 4.69) is 32.3 Å². The number of pyridine rings is 2. The summed E-state index contributed by atoms with van der Waals surface area (Å²) in [6, 6.07) is 31.6. The standard InChI is InChI=1S/C41H38F3N5O2/c42-41(43,44)35-14-11-31(12-15-35)25-36(39(50)47-28-33-13-16-38(46-27-33)34-17-19-45-20-18-34)37(26-30-7-3-1-4-8-30)40(51)49-23-21-48(22-24-49)29-32-9-5-2-6-10-32/h1-20,25,27,37H,21-24,26,28-29H2,(H,47,50)/t37-/m0/s1. The van der Waals surface area contributed by atoms with Gasteiger partial charge in [-0.05, 0) is 65.1 Å². The van der Waals surface area contributed by atoms with Gasteiger partial charge in [-0.3, -0.25) is 24.5 Å². The van der Waals surface area contributed by atoms with E-state index < -0.39 is 23.6 Å². The largest absolute Gasteiger partial charge is 0.416 e. The predicted molar refractivity (Wildman–Crippen MR) is 191 cm³/mol. The van der Waals surface area contributed by atoms with Crippen LogP contribution in [0.15, 0.2) is 133 Å². The normalized spacial score (nSPS) is 14.6. The van der Waals surface area contributed by atoms with Crippen molar-refractivity contribution in [2.75, 3.05) is 26.2 Å². The van der Waals surface area contributed by atoms with E-state index in [1.54, 1.807) is 23.5 Å². The molecule has 0 bridgehead atoms. The van der Waals surface area contributed by atoms with Crippen LogP contribution >= 0.6 is 0 Å². The third-order valence-corrected chi connectivity index (χ3v) is 8.97. The van der Waals surface area contributed by atoms with Crippen LogP contribution in [0.5, 0.6) is 0 Å². The zero-order chi connectivity index (χ0) is 35.6. The summed E-state index contributed by atoms with van der Waals surface area (Å²) in [7, 11) is 0. The molecule has 6 rings (SSSR count). The lowest BCUT2D eigenvalue weighted by molar-refractivity contribution is -0.138. The molecule has 1 aliphatic heterocycles. The predicted octanol–water partition coefficient (Wildman–Crippen LogP) is 7.07. The first-order valence-corrected chi connectivity index (χ1v) is 16.8. The van der Waals surface area contributed by atoms with E-state index in [0.717, 1.165) is 41.1 Å². The molecule has 7 nitrogen and oxygen atoms in total. The van der Waals surface area contributed by atoms with E-state index >= 15 is 0 Å². The molecular weight excluding hydrogens is 651 g/mol. The lowest BCUT2D eigenvalue weighted by Crippen LogP contribution is -2.51. The Morgan fingerprint density at radius 1 is 0.765 bits per heavy atom. The highest BCUT2D eigenvalue weighted by Crippen LogP contribution is 2.30. The number of aromatic nitrogens is 2. The molecule has 0 aliphatic carbocycles. The van der Waals surface area contributed by atoms with Crippen LogP contribution < -0.4 is 5.32 Å². The van der Waals surface area contributed by atoms with Crippen LogP contribution in [0.2, 0.25) is 0 Å². The molecule has 51 heavy (non-hydrogen) atoms. The molecule has 0 spiro atoms. The second-order valence-electron chi connectivity index (χ2n) is 12.5. The first-order chi connectivity index (χ1) is 24.7. The van der Waals surface area contributed by atoms with Crippen molar-refractivity contribution in [1.82, 2.24) is 25.1 Å². The third-order valence-electron chi connectivity index (χ3n) is 8.97. The van der Waals surface area contributed by atoms with E-state index in [0.29, 0.717) is 31.7 Å². The molecular formula is C41H38F3N5O2. The minimum Gasteiger partial charge on any atom is -0.348 e. The minimum absolute atomic E-state index is 0.136. The van der Waals surface area contributed by atoms with E-state index in [4.69, 9.17) is 0 Å². The highest BCUT2D eigenvalue weighted by Gasteiger charge is 2.34. The summed E-state index contributed by atoms with van der Waals surface area (Å²) in [6.07, 6.45) is 2.33. The average molecular weight is 690 g/mol. The Kier molecular flexibility index (Phi) is 11.3. The summed E-state index contributed by atoms with van der Waals surface area (Å²) in [5.41, 5.74) is 4.24. The Hall–Kier alpha value is -5.61. The van der Waals surface area contributed by atoms with Crippen LogP contribution in [0, 0.1) is 5.92 Å². The molecule has 0 saturated carbocycles. The molecule has 1 N–H and O–H groups in total. The van der Waals surface area contributed by atoms with Crippen LogP contribution in [0.25, 0.3) is 17.3 Å². The summed E-state index contributed by atoms with van der Waals surface area (Å²) in [5.74, 6) is -1.57. The van der Waals surface area contributed by atoms with Crippen LogP contribution in [-0.4, -0.2) is 57.8 Å². The van der Waals surface area contributed by atoms with Crippen molar-refractivity contribution in [1.29, 1.82) is 0 Å². The molecule has 0 radical (unpaired) electrons. The van der Waals surface area contributed by atoms with Gasteiger partial charge in [-0.1, -0.05) is 78.9 Å². The van der Waals surface area contributed by atoms with Crippen molar-refractivity contribution >= 4 is 17.9 Å². The van der Waals surface area contributed by atoms with E-state index in [9.17, 15) is 22.8 Å². The molecule has 1 fully saturated rings. The number of halogens is 3. The summed E-state index contributed by atoms with van der Waals surface area (Å²) in [4.78, 5) is 41.3. The van der Waals surface area contributed by atoms with Crippen molar-refractivity contribution in [2.45, 2.75) is 25.7 Å². The maximum absolute atomic E-state index is 14.5. The van der Waals surface area contributed by atoms with Crippen molar-refractivity contribution in [3.63, 3.8) is 0 Å². The second kappa shape index (κ2) is 16.4. The lowest BCUT2D eigenvalue weighted by Gasteiger charge is -2.37. The van der Waals surface area contributed by atoms with Crippen LogP contribution in [0.3, 0.4) is 0 Å². The number of benzene rings is 3. The Bertz CT molecular complexity index is 1910. The first-order valence-electron chi connectivity index (χ1n) is 16.8. The van der Waals surface area contributed by atoms with Crippen molar-refractivity contribution in [3.05, 3.63) is 161 Å². The van der Waals surface area contributed by atoms with Crippen molar-refractivity contribution < 1.29 is 22.8 Å². The molecule has 260 valence electrons. The number of carbonyl (C=O) groups excluding carboxylic acids is 2. The van der Waals surface area contributed by atoms with Crippen molar-refractivity contribution in [3.8, 4) is 11.3 Å². The van der Waals surface area contributed by atoms with Gasteiger partial charge in [0.25, 0.3) is 0 Å². The summed E-state index contributed by atoms with van der Waals surface area (Å²) in [5, 5.41) is 2.96. The summed E-state index contributed by atoms with van der Waals surface area (Å²) < 4.78 is 40.2. The Morgan fingerprint density at radius 3 is 2.02 bits per heavy atom. The lowest BCUT2D eigenvalue weighted by atomic mass is 9.88. The van der Waals surface area contributed by atoms with Gasteiger partial charge >= 0.3 is 6.18 Å². The smallest absolute Gasteiger partial charge is 0.348 e. The maximum atomic E-state index is 14.5. The zero-order valence-corrected chi connectivity index (χ0v) is 28.0. The third kappa shape index (κ3) is 9.55. The van der Waals surface area contributed by atoms with E-state index in [-0.39, 0.29) is 24.4 Å². The highest BCUT2D eigenvalue weighted by atomic mass is 19.4. The van der Waals surface area contributed by atoms with Gasteiger partial charge in [0.15, 0.2) is 0 Å². The number of rotatable bonds is 11. The van der Waals surface area contributed by atoms with Gasteiger partial charge in [0.2, 0.25) is 11.8 Å². The molecule has 3 aromatic carbocycles. The van der Waals surface area contributed by atoms with Gasteiger partial charge in [-0.25, -0.2) is 0 Å². The van der Waals surface area contributed by atoms with Gasteiger partial charge in [-0.2, -0.15) is 13.2 Å². The topological polar surface area (TPSA) is 78.4 Å². The molecule has 10 heteroatoms. The molecule has 1 saturated heterocycles. The number of nitrogens with zero attached hydrogens (tertiary/aromatic N) is 4. The molecule has 3 heterocycles. The highest BCUT2D eigenvalue weighted by molar-refractivity contribution is 6.04.